The van der Waals surface area contributed by atoms with Crippen molar-refractivity contribution in [2.24, 2.45) is 5.73 Å². The number of hydrogen-bond acceptors (Lipinski definition) is 3. The van der Waals surface area contributed by atoms with Crippen LogP contribution in [0.3, 0.4) is 0 Å². The fourth-order valence-corrected chi connectivity index (χ4v) is 2.91. The van der Waals surface area contributed by atoms with Crippen LogP contribution in [0.2, 0.25) is 0 Å². The van der Waals surface area contributed by atoms with Gasteiger partial charge in [0, 0.05) is 32.4 Å². The molecule has 0 spiro atoms. The Morgan fingerprint density at radius 3 is 2.78 bits per heavy atom. The van der Waals surface area contributed by atoms with E-state index in [9.17, 15) is 4.39 Å². The molecule has 0 unspecified atom stereocenters. The van der Waals surface area contributed by atoms with E-state index in [2.05, 4.69) is 15.9 Å². The van der Waals surface area contributed by atoms with Gasteiger partial charge < -0.3 is 10.5 Å². The van der Waals surface area contributed by atoms with Crippen molar-refractivity contribution in [3.05, 3.63) is 50.4 Å². The number of benzene rings is 1. The second kappa shape index (κ2) is 5.82. The first-order chi connectivity index (χ1) is 8.56. The Morgan fingerprint density at radius 1 is 1.44 bits per heavy atom. The van der Waals surface area contributed by atoms with Crippen molar-refractivity contribution in [1.29, 1.82) is 0 Å². The van der Waals surface area contributed by atoms with Gasteiger partial charge in [-0.3, -0.25) is 0 Å². The topological polar surface area (TPSA) is 35.2 Å². The number of rotatable bonds is 4. The quantitative estimate of drug-likeness (QED) is 0.910. The predicted molar refractivity (Wildman–Crippen MR) is 75.4 cm³/mol. The Morgan fingerprint density at radius 2 is 2.22 bits per heavy atom. The average Bonchev–Trinajstić information content (AvgIpc) is 2.72. The van der Waals surface area contributed by atoms with Crippen LogP contribution in [0.4, 0.5) is 4.39 Å². The zero-order valence-electron chi connectivity index (χ0n) is 9.82. The standard InChI is InChI=1S/C13H13BrFNOS/c1-8(16)12-3-2-10(5-13(12)15)17-6-11-4-9(14)7-18-11/h2-5,7-8H,6,16H2,1H3/t8-/m0/s1. The van der Waals surface area contributed by atoms with Gasteiger partial charge in [0.25, 0.3) is 0 Å². The van der Waals surface area contributed by atoms with Crippen LogP contribution in [0, 0.1) is 5.82 Å². The molecule has 96 valence electrons. The lowest BCUT2D eigenvalue weighted by Crippen LogP contribution is -2.07. The summed E-state index contributed by atoms with van der Waals surface area (Å²) in [5.74, 6) is 0.191. The van der Waals surface area contributed by atoms with E-state index in [1.165, 1.54) is 6.07 Å². The minimum atomic E-state index is -0.324. The molecule has 0 amide bonds. The summed E-state index contributed by atoms with van der Waals surface area (Å²) in [6.07, 6.45) is 0. The highest BCUT2D eigenvalue weighted by atomic mass is 79.9. The zero-order chi connectivity index (χ0) is 13.1. The highest BCUT2D eigenvalue weighted by molar-refractivity contribution is 9.10. The minimum Gasteiger partial charge on any atom is -0.488 e. The molecule has 1 heterocycles. The van der Waals surface area contributed by atoms with Gasteiger partial charge in [-0.25, -0.2) is 4.39 Å². The molecule has 1 aromatic heterocycles. The molecule has 0 bridgehead atoms. The number of thiophene rings is 1. The maximum atomic E-state index is 13.7. The third-order valence-corrected chi connectivity index (χ3v) is 4.14. The highest BCUT2D eigenvalue weighted by Gasteiger charge is 2.08. The molecule has 2 nitrogen and oxygen atoms in total. The zero-order valence-corrected chi connectivity index (χ0v) is 12.2. The van der Waals surface area contributed by atoms with Crippen LogP contribution in [0.5, 0.6) is 5.75 Å². The minimum absolute atomic E-state index is 0.313. The lowest BCUT2D eigenvalue weighted by Gasteiger charge is -2.09. The van der Waals surface area contributed by atoms with E-state index in [0.717, 1.165) is 9.35 Å². The van der Waals surface area contributed by atoms with E-state index in [-0.39, 0.29) is 11.9 Å². The summed E-state index contributed by atoms with van der Waals surface area (Å²) < 4.78 is 20.2. The molecule has 0 aliphatic rings. The van der Waals surface area contributed by atoms with Gasteiger partial charge >= 0.3 is 0 Å². The molecule has 1 aromatic carbocycles. The first kappa shape index (κ1) is 13.5. The first-order valence-electron chi connectivity index (χ1n) is 5.47. The second-order valence-electron chi connectivity index (χ2n) is 3.99. The van der Waals surface area contributed by atoms with E-state index in [1.54, 1.807) is 30.4 Å². The third kappa shape index (κ3) is 3.31. The van der Waals surface area contributed by atoms with E-state index in [4.69, 9.17) is 10.5 Å². The summed E-state index contributed by atoms with van der Waals surface area (Å²) in [6.45, 7) is 2.19. The Bertz CT molecular complexity index is 542. The average molecular weight is 330 g/mol. The predicted octanol–water partition coefficient (Wildman–Crippen LogP) is 4.25. The molecular weight excluding hydrogens is 317 g/mol. The van der Waals surface area contributed by atoms with Crippen LogP contribution in [-0.2, 0) is 6.61 Å². The number of halogens is 2. The van der Waals surface area contributed by atoms with Crippen molar-refractivity contribution in [2.45, 2.75) is 19.6 Å². The van der Waals surface area contributed by atoms with Crippen LogP contribution in [0.15, 0.2) is 34.1 Å². The molecule has 0 aliphatic heterocycles. The molecule has 0 fully saturated rings. The van der Waals surface area contributed by atoms with Crippen molar-refractivity contribution in [3.8, 4) is 5.75 Å². The SMILES string of the molecule is C[C@H](N)c1ccc(OCc2cc(Br)cs2)cc1F. The maximum absolute atomic E-state index is 13.7. The molecule has 5 heteroatoms. The van der Waals surface area contributed by atoms with Crippen LogP contribution in [-0.4, -0.2) is 0 Å². The van der Waals surface area contributed by atoms with E-state index < -0.39 is 0 Å². The lowest BCUT2D eigenvalue weighted by molar-refractivity contribution is 0.308. The monoisotopic (exact) mass is 329 g/mol. The summed E-state index contributed by atoms with van der Waals surface area (Å²) in [5, 5.41) is 1.98. The van der Waals surface area contributed by atoms with Crippen molar-refractivity contribution in [1.82, 2.24) is 0 Å². The molecule has 0 saturated heterocycles. The summed E-state index contributed by atoms with van der Waals surface area (Å²) in [6, 6.07) is 6.45. The van der Waals surface area contributed by atoms with E-state index in [0.29, 0.717) is 17.9 Å². The largest absolute Gasteiger partial charge is 0.488 e. The molecule has 18 heavy (non-hydrogen) atoms. The number of ether oxygens (including phenoxy) is 1. The fraction of sp³-hybridized carbons (Fsp3) is 0.231. The Labute approximate surface area is 118 Å². The summed E-state index contributed by atoms with van der Waals surface area (Å²) in [5.41, 5.74) is 6.15. The molecule has 0 saturated carbocycles. The van der Waals surface area contributed by atoms with Crippen LogP contribution in [0.25, 0.3) is 0 Å². The van der Waals surface area contributed by atoms with Gasteiger partial charge in [0.2, 0.25) is 0 Å². The number of hydrogen-bond donors (Lipinski definition) is 1. The van der Waals surface area contributed by atoms with Gasteiger partial charge in [-0.1, -0.05) is 6.07 Å². The van der Waals surface area contributed by atoms with Crippen LogP contribution >= 0.6 is 27.3 Å². The van der Waals surface area contributed by atoms with Crippen LogP contribution < -0.4 is 10.5 Å². The third-order valence-electron chi connectivity index (χ3n) is 2.47. The van der Waals surface area contributed by atoms with Gasteiger partial charge in [-0.05, 0) is 35.0 Å². The van der Waals surface area contributed by atoms with E-state index >= 15 is 0 Å². The molecule has 0 radical (unpaired) electrons. The normalized spacial score (nSPS) is 12.4. The van der Waals surface area contributed by atoms with Crippen molar-refractivity contribution in [3.63, 3.8) is 0 Å². The Balaban J connectivity index is 2.04. The van der Waals surface area contributed by atoms with Crippen molar-refractivity contribution in [2.75, 3.05) is 0 Å². The van der Waals surface area contributed by atoms with E-state index in [1.807, 2.05) is 11.4 Å². The molecule has 0 aliphatic carbocycles. The molecule has 1 atom stereocenters. The Kier molecular flexibility index (Phi) is 4.37. The maximum Gasteiger partial charge on any atom is 0.131 e. The molecule has 2 aromatic rings. The van der Waals surface area contributed by atoms with Gasteiger partial charge in [-0.2, -0.15) is 0 Å². The second-order valence-corrected chi connectivity index (χ2v) is 5.90. The lowest BCUT2D eigenvalue weighted by atomic mass is 10.1. The summed E-state index contributed by atoms with van der Waals surface area (Å²) in [4.78, 5) is 1.08. The Hall–Kier alpha value is -0.910. The van der Waals surface area contributed by atoms with Gasteiger partial charge in [0.1, 0.15) is 18.2 Å². The fourth-order valence-electron chi connectivity index (χ4n) is 1.55. The van der Waals surface area contributed by atoms with Gasteiger partial charge in [0.05, 0.1) is 0 Å². The smallest absolute Gasteiger partial charge is 0.131 e. The number of nitrogens with two attached hydrogens (primary N) is 1. The summed E-state index contributed by atoms with van der Waals surface area (Å²) in [7, 11) is 0. The molecular formula is C13H13BrFNOS. The highest BCUT2D eigenvalue weighted by Crippen LogP contribution is 2.24. The van der Waals surface area contributed by atoms with Crippen LogP contribution in [0.1, 0.15) is 23.4 Å². The first-order valence-corrected chi connectivity index (χ1v) is 7.14. The summed E-state index contributed by atoms with van der Waals surface area (Å²) >= 11 is 4.97. The molecule has 2 N–H and O–H groups in total. The van der Waals surface area contributed by atoms with Crippen molar-refractivity contribution < 1.29 is 9.13 Å². The van der Waals surface area contributed by atoms with Gasteiger partial charge in [-0.15, -0.1) is 11.3 Å². The van der Waals surface area contributed by atoms with Gasteiger partial charge in [0.15, 0.2) is 0 Å². The van der Waals surface area contributed by atoms with Crippen molar-refractivity contribution >= 4 is 27.3 Å². The molecule has 2 rings (SSSR count).